The zero-order valence-electron chi connectivity index (χ0n) is 18.4. The molecule has 2 atom stereocenters. The van der Waals surface area contributed by atoms with Gasteiger partial charge in [0.15, 0.2) is 0 Å². The Morgan fingerprint density at radius 2 is 1.04 bits per heavy atom. The van der Waals surface area contributed by atoms with Crippen molar-refractivity contribution in [1.29, 1.82) is 0 Å². The minimum atomic E-state index is -0.430. The van der Waals surface area contributed by atoms with Crippen molar-refractivity contribution in [3.8, 4) is 0 Å². The highest BCUT2D eigenvalue weighted by molar-refractivity contribution is 4.88. The number of hydrogen-bond acceptors (Lipinski definition) is 3. The third-order valence-electron chi connectivity index (χ3n) is 6.20. The van der Waals surface area contributed by atoms with Crippen LogP contribution in [0.25, 0.3) is 0 Å². The SMILES string of the molecule is CCCC(CCCCCCCCCCCCCCNC)(C(C)O)C(C)O. The lowest BCUT2D eigenvalue weighted by atomic mass is 9.70. The van der Waals surface area contributed by atoms with Crippen LogP contribution in [-0.2, 0) is 0 Å². The second-order valence-electron chi connectivity index (χ2n) is 8.43. The molecule has 0 saturated carbocycles. The smallest absolute Gasteiger partial charge is 0.0592 e. The number of hydrogen-bond donors (Lipinski definition) is 3. The maximum absolute atomic E-state index is 10.2. The standard InChI is InChI=1S/C23H49NO2/c1-5-18-23(21(2)25,22(3)26)19-16-14-12-10-8-6-7-9-11-13-15-17-20-24-4/h21-22,24-26H,5-20H2,1-4H3. The molecule has 2 unspecified atom stereocenters. The van der Waals surface area contributed by atoms with Crippen LogP contribution in [0, 0.1) is 5.41 Å². The van der Waals surface area contributed by atoms with Gasteiger partial charge in [0.05, 0.1) is 12.2 Å². The molecule has 3 heteroatoms. The summed E-state index contributed by atoms with van der Waals surface area (Å²) in [5.41, 5.74) is -0.304. The Hall–Kier alpha value is -0.120. The molecule has 0 aliphatic carbocycles. The summed E-state index contributed by atoms with van der Waals surface area (Å²) in [4.78, 5) is 0. The lowest BCUT2D eigenvalue weighted by Crippen LogP contribution is -2.42. The minimum absolute atomic E-state index is 0.304. The van der Waals surface area contributed by atoms with E-state index in [1.54, 1.807) is 0 Å². The van der Waals surface area contributed by atoms with E-state index in [1.807, 2.05) is 20.9 Å². The highest BCUT2D eigenvalue weighted by Crippen LogP contribution is 2.38. The van der Waals surface area contributed by atoms with E-state index in [4.69, 9.17) is 0 Å². The monoisotopic (exact) mass is 371 g/mol. The first-order chi connectivity index (χ1) is 12.5. The van der Waals surface area contributed by atoms with Gasteiger partial charge in [-0.2, -0.15) is 0 Å². The molecule has 0 rings (SSSR count). The van der Waals surface area contributed by atoms with Crippen LogP contribution >= 0.6 is 0 Å². The molecule has 0 heterocycles. The summed E-state index contributed by atoms with van der Waals surface area (Å²) >= 11 is 0. The number of unbranched alkanes of at least 4 members (excludes halogenated alkanes) is 11. The molecule has 0 radical (unpaired) electrons. The van der Waals surface area contributed by atoms with Crippen molar-refractivity contribution < 1.29 is 10.2 Å². The quantitative estimate of drug-likeness (QED) is 0.251. The van der Waals surface area contributed by atoms with Crippen LogP contribution in [0.3, 0.4) is 0 Å². The molecule has 158 valence electrons. The number of aliphatic hydroxyl groups excluding tert-OH is 2. The van der Waals surface area contributed by atoms with E-state index in [1.165, 1.54) is 70.6 Å². The average molecular weight is 372 g/mol. The third kappa shape index (κ3) is 11.6. The zero-order valence-corrected chi connectivity index (χ0v) is 18.4. The topological polar surface area (TPSA) is 52.5 Å². The molecule has 0 amide bonds. The van der Waals surface area contributed by atoms with Crippen LogP contribution < -0.4 is 5.32 Å². The van der Waals surface area contributed by atoms with Gasteiger partial charge >= 0.3 is 0 Å². The van der Waals surface area contributed by atoms with Crippen molar-refractivity contribution in [1.82, 2.24) is 5.32 Å². The van der Waals surface area contributed by atoms with E-state index < -0.39 is 12.2 Å². The van der Waals surface area contributed by atoms with Gasteiger partial charge in [-0.25, -0.2) is 0 Å². The van der Waals surface area contributed by atoms with Crippen molar-refractivity contribution in [2.75, 3.05) is 13.6 Å². The first-order valence-corrected chi connectivity index (χ1v) is 11.5. The van der Waals surface area contributed by atoms with Crippen LogP contribution in [-0.4, -0.2) is 36.0 Å². The average Bonchev–Trinajstić information content (AvgIpc) is 2.60. The molecule has 0 aliphatic rings. The lowest BCUT2D eigenvalue weighted by molar-refractivity contribution is -0.0671. The fraction of sp³-hybridized carbons (Fsp3) is 1.00. The maximum atomic E-state index is 10.2. The van der Waals surface area contributed by atoms with Gasteiger partial charge in [0.25, 0.3) is 0 Å². The summed E-state index contributed by atoms with van der Waals surface area (Å²) in [6, 6.07) is 0. The number of aliphatic hydroxyl groups is 2. The van der Waals surface area contributed by atoms with E-state index in [9.17, 15) is 10.2 Å². The highest BCUT2D eigenvalue weighted by Gasteiger charge is 2.38. The summed E-state index contributed by atoms with van der Waals surface area (Å²) in [5, 5.41) is 23.6. The molecule has 26 heavy (non-hydrogen) atoms. The molecule has 3 N–H and O–H groups in total. The van der Waals surface area contributed by atoms with Crippen LogP contribution in [0.15, 0.2) is 0 Å². The van der Waals surface area contributed by atoms with Crippen molar-refractivity contribution in [3.05, 3.63) is 0 Å². The maximum Gasteiger partial charge on any atom is 0.0592 e. The van der Waals surface area contributed by atoms with Crippen LogP contribution in [0.4, 0.5) is 0 Å². The van der Waals surface area contributed by atoms with Gasteiger partial charge in [-0.05, 0) is 46.7 Å². The van der Waals surface area contributed by atoms with E-state index in [2.05, 4.69) is 12.2 Å². The van der Waals surface area contributed by atoms with Gasteiger partial charge < -0.3 is 15.5 Å². The van der Waals surface area contributed by atoms with Crippen molar-refractivity contribution in [2.45, 2.75) is 129 Å². The van der Waals surface area contributed by atoms with Crippen LogP contribution in [0.5, 0.6) is 0 Å². The molecular weight excluding hydrogens is 322 g/mol. The molecule has 0 saturated heterocycles. The van der Waals surface area contributed by atoms with Crippen LogP contribution in [0.2, 0.25) is 0 Å². The normalized spacial score (nSPS) is 16.4. The Balaban J connectivity index is 3.59. The summed E-state index contributed by atoms with van der Waals surface area (Å²) < 4.78 is 0. The van der Waals surface area contributed by atoms with E-state index in [-0.39, 0.29) is 5.41 Å². The Labute approximate surface area is 164 Å². The molecule has 0 aromatic carbocycles. The summed E-state index contributed by atoms with van der Waals surface area (Å²) in [6.07, 6.45) is 18.1. The van der Waals surface area contributed by atoms with Crippen molar-refractivity contribution in [2.24, 2.45) is 5.41 Å². The Morgan fingerprint density at radius 3 is 1.38 bits per heavy atom. The summed E-state index contributed by atoms with van der Waals surface area (Å²) in [6.45, 7) is 7.00. The minimum Gasteiger partial charge on any atom is -0.393 e. The van der Waals surface area contributed by atoms with Crippen molar-refractivity contribution >= 4 is 0 Å². The molecule has 0 fully saturated rings. The lowest BCUT2D eigenvalue weighted by Gasteiger charge is -2.39. The second-order valence-corrected chi connectivity index (χ2v) is 8.43. The van der Waals surface area contributed by atoms with Gasteiger partial charge in [-0.15, -0.1) is 0 Å². The molecular formula is C23H49NO2. The molecule has 3 nitrogen and oxygen atoms in total. The van der Waals surface area contributed by atoms with Gasteiger partial charge in [0.1, 0.15) is 0 Å². The molecule has 0 aromatic heterocycles. The fourth-order valence-electron chi connectivity index (χ4n) is 4.30. The van der Waals surface area contributed by atoms with Gasteiger partial charge in [0, 0.05) is 5.41 Å². The molecule has 0 spiro atoms. The Bertz CT molecular complexity index is 284. The van der Waals surface area contributed by atoms with Crippen molar-refractivity contribution in [3.63, 3.8) is 0 Å². The Kier molecular flexibility index (Phi) is 16.9. The fourth-order valence-corrected chi connectivity index (χ4v) is 4.30. The summed E-state index contributed by atoms with van der Waals surface area (Å²) in [7, 11) is 2.03. The first-order valence-electron chi connectivity index (χ1n) is 11.5. The molecule has 0 bridgehead atoms. The number of nitrogens with one attached hydrogen (secondary N) is 1. The van der Waals surface area contributed by atoms with Crippen LogP contribution in [0.1, 0.15) is 117 Å². The van der Waals surface area contributed by atoms with E-state index >= 15 is 0 Å². The summed E-state index contributed by atoms with van der Waals surface area (Å²) in [5.74, 6) is 0. The number of rotatable bonds is 19. The van der Waals surface area contributed by atoms with Gasteiger partial charge in [-0.3, -0.25) is 0 Å². The Morgan fingerprint density at radius 1 is 0.654 bits per heavy atom. The van der Waals surface area contributed by atoms with Gasteiger partial charge in [0.2, 0.25) is 0 Å². The molecule has 0 aliphatic heterocycles. The molecule has 0 aromatic rings. The third-order valence-corrected chi connectivity index (χ3v) is 6.20. The zero-order chi connectivity index (χ0) is 19.7. The first kappa shape index (κ1) is 25.9. The van der Waals surface area contributed by atoms with E-state index in [0.29, 0.717) is 0 Å². The van der Waals surface area contributed by atoms with E-state index in [0.717, 1.165) is 32.2 Å². The second kappa shape index (κ2) is 17.0. The highest BCUT2D eigenvalue weighted by atomic mass is 16.3. The largest absolute Gasteiger partial charge is 0.393 e. The van der Waals surface area contributed by atoms with Gasteiger partial charge in [-0.1, -0.05) is 84.0 Å². The predicted octanol–water partition coefficient (Wildman–Crippen LogP) is 5.83. The predicted molar refractivity (Wildman–Crippen MR) is 115 cm³/mol.